The zero-order valence-electron chi connectivity index (χ0n) is 16.0. The van der Waals surface area contributed by atoms with E-state index in [0.29, 0.717) is 24.6 Å². The first-order valence-electron chi connectivity index (χ1n) is 9.76. The van der Waals surface area contributed by atoms with Gasteiger partial charge < -0.3 is 10.4 Å². The number of aromatic nitrogens is 1. The Hall–Kier alpha value is -2.19. The lowest BCUT2D eigenvalue weighted by Gasteiger charge is -2.25. The molecule has 5 N–H and O–H groups in total. The van der Waals surface area contributed by atoms with Crippen LogP contribution in [0.4, 0.5) is 0 Å². The summed E-state index contributed by atoms with van der Waals surface area (Å²) < 4.78 is 0. The Morgan fingerprint density at radius 3 is 2.63 bits per heavy atom. The van der Waals surface area contributed by atoms with Crippen molar-refractivity contribution in [2.75, 3.05) is 13.1 Å². The van der Waals surface area contributed by atoms with Gasteiger partial charge in [-0.25, -0.2) is 5.53 Å². The normalized spacial score (nSPS) is 19.9. The van der Waals surface area contributed by atoms with E-state index in [1.165, 1.54) is 0 Å². The van der Waals surface area contributed by atoms with E-state index in [9.17, 15) is 9.90 Å². The van der Waals surface area contributed by atoms with E-state index in [1.54, 1.807) is 0 Å². The molecule has 8 heteroatoms. The molecule has 2 unspecified atom stereocenters. The summed E-state index contributed by atoms with van der Waals surface area (Å²) in [5, 5.41) is 17.4. The number of rotatable bonds is 8. The van der Waals surface area contributed by atoms with Crippen LogP contribution in [0.2, 0.25) is 0 Å². The first-order chi connectivity index (χ1) is 13.0. The zero-order valence-corrected chi connectivity index (χ0v) is 16.0. The largest absolute Gasteiger partial charge is 0.481 e. The molecule has 148 valence electrons. The summed E-state index contributed by atoms with van der Waals surface area (Å²) in [7, 11) is 0. The van der Waals surface area contributed by atoms with Gasteiger partial charge in [0.2, 0.25) is 0 Å². The first-order valence-corrected chi connectivity index (χ1v) is 9.76. The number of hydrazine groups is 2. The third-order valence-electron chi connectivity index (χ3n) is 5.36. The molecule has 27 heavy (non-hydrogen) atoms. The molecule has 0 aliphatic carbocycles. The SMILES string of the molecule is CC(C)CC(C(=O)O)C(Cc1ccc(C2CCNCC2)nc1)C1=NNNN1. The standard InChI is InChI=1S/C19H30N6O2/c1-12(2)9-16(19(26)27)15(18-22-24-25-23-18)10-13-3-4-17(21-11-13)14-5-7-20-8-6-14/h3-4,11-12,14-16,20,24-25H,5-10H2,1-2H3,(H,22,23)(H,26,27). The molecule has 2 aliphatic heterocycles. The highest BCUT2D eigenvalue weighted by Crippen LogP contribution is 2.27. The van der Waals surface area contributed by atoms with E-state index in [0.717, 1.165) is 37.2 Å². The Morgan fingerprint density at radius 2 is 2.07 bits per heavy atom. The fraction of sp³-hybridized carbons (Fsp3) is 0.632. The van der Waals surface area contributed by atoms with Crippen molar-refractivity contribution in [1.29, 1.82) is 0 Å². The molecule has 1 fully saturated rings. The van der Waals surface area contributed by atoms with Crippen molar-refractivity contribution in [1.82, 2.24) is 26.8 Å². The van der Waals surface area contributed by atoms with Gasteiger partial charge in [-0.2, -0.15) is 0 Å². The van der Waals surface area contributed by atoms with Crippen LogP contribution in [-0.2, 0) is 11.2 Å². The summed E-state index contributed by atoms with van der Waals surface area (Å²) in [5.41, 5.74) is 10.5. The number of hydrazone groups is 1. The summed E-state index contributed by atoms with van der Waals surface area (Å²) >= 11 is 0. The minimum Gasteiger partial charge on any atom is -0.481 e. The number of nitrogens with zero attached hydrogens (tertiary/aromatic N) is 2. The number of nitrogens with one attached hydrogen (secondary N) is 4. The number of carboxylic acids is 1. The molecule has 0 radical (unpaired) electrons. The molecule has 3 rings (SSSR count). The number of hydrogen-bond acceptors (Lipinski definition) is 7. The van der Waals surface area contributed by atoms with E-state index in [2.05, 4.69) is 44.0 Å². The zero-order chi connectivity index (χ0) is 19.2. The van der Waals surface area contributed by atoms with E-state index >= 15 is 0 Å². The van der Waals surface area contributed by atoms with Crippen LogP contribution < -0.4 is 21.8 Å². The van der Waals surface area contributed by atoms with Gasteiger partial charge in [0.15, 0.2) is 0 Å². The molecule has 2 aliphatic rings. The lowest BCUT2D eigenvalue weighted by molar-refractivity contribution is -0.143. The molecule has 1 aromatic heterocycles. The highest BCUT2D eigenvalue weighted by atomic mass is 16.4. The summed E-state index contributed by atoms with van der Waals surface area (Å²) in [6.45, 7) is 6.17. The lowest BCUT2D eigenvalue weighted by atomic mass is 9.81. The van der Waals surface area contributed by atoms with Crippen LogP contribution in [-0.4, -0.2) is 35.0 Å². The molecular weight excluding hydrogens is 344 g/mol. The van der Waals surface area contributed by atoms with Crippen molar-refractivity contribution in [3.05, 3.63) is 29.6 Å². The molecule has 0 aromatic carbocycles. The number of hydrogen-bond donors (Lipinski definition) is 5. The monoisotopic (exact) mass is 374 g/mol. The van der Waals surface area contributed by atoms with Crippen LogP contribution in [0.25, 0.3) is 0 Å². The minimum atomic E-state index is -0.788. The van der Waals surface area contributed by atoms with Crippen LogP contribution >= 0.6 is 0 Å². The molecule has 0 amide bonds. The molecule has 0 bridgehead atoms. The molecule has 8 nitrogen and oxygen atoms in total. The van der Waals surface area contributed by atoms with Gasteiger partial charge in [0.25, 0.3) is 0 Å². The van der Waals surface area contributed by atoms with Gasteiger partial charge >= 0.3 is 5.97 Å². The van der Waals surface area contributed by atoms with Crippen molar-refractivity contribution in [2.24, 2.45) is 22.9 Å². The lowest BCUT2D eigenvalue weighted by Crippen LogP contribution is -2.42. The third-order valence-corrected chi connectivity index (χ3v) is 5.36. The van der Waals surface area contributed by atoms with E-state index < -0.39 is 11.9 Å². The predicted octanol–water partition coefficient (Wildman–Crippen LogP) is 1.38. The summed E-state index contributed by atoms with van der Waals surface area (Å²) in [5.74, 6) is -0.120. The fourth-order valence-electron chi connectivity index (χ4n) is 3.93. The van der Waals surface area contributed by atoms with Crippen molar-refractivity contribution in [3.63, 3.8) is 0 Å². The summed E-state index contributed by atoms with van der Waals surface area (Å²) in [4.78, 5) is 16.6. The Morgan fingerprint density at radius 1 is 1.30 bits per heavy atom. The average Bonchev–Trinajstić information content (AvgIpc) is 3.20. The molecule has 0 spiro atoms. The Labute approximate surface area is 160 Å². The second-order valence-corrected chi connectivity index (χ2v) is 7.86. The van der Waals surface area contributed by atoms with Crippen molar-refractivity contribution in [2.45, 2.75) is 45.4 Å². The molecule has 0 saturated carbocycles. The van der Waals surface area contributed by atoms with Crippen LogP contribution in [0.15, 0.2) is 23.4 Å². The number of carbonyl (C=O) groups is 1. The van der Waals surface area contributed by atoms with Gasteiger partial charge in [-0.1, -0.05) is 19.9 Å². The molecular formula is C19H30N6O2. The number of amidine groups is 1. The highest BCUT2D eigenvalue weighted by molar-refractivity contribution is 5.89. The van der Waals surface area contributed by atoms with Gasteiger partial charge in [-0.15, -0.1) is 10.6 Å². The van der Waals surface area contributed by atoms with Crippen molar-refractivity contribution < 1.29 is 9.90 Å². The maximum absolute atomic E-state index is 11.9. The summed E-state index contributed by atoms with van der Waals surface area (Å²) in [6, 6.07) is 4.18. The molecule has 3 heterocycles. The average molecular weight is 374 g/mol. The first kappa shape index (κ1) is 19.6. The van der Waals surface area contributed by atoms with Crippen molar-refractivity contribution in [3.8, 4) is 0 Å². The second kappa shape index (κ2) is 9.14. The number of pyridine rings is 1. The van der Waals surface area contributed by atoms with Crippen LogP contribution in [0.3, 0.4) is 0 Å². The Bertz CT molecular complexity index is 655. The van der Waals surface area contributed by atoms with E-state index in [4.69, 9.17) is 0 Å². The maximum atomic E-state index is 11.9. The van der Waals surface area contributed by atoms with Gasteiger partial charge in [-0.3, -0.25) is 15.2 Å². The van der Waals surface area contributed by atoms with Crippen LogP contribution in [0.1, 0.15) is 50.3 Å². The Kier molecular flexibility index (Phi) is 6.63. The smallest absolute Gasteiger partial charge is 0.307 e. The topological polar surface area (TPSA) is 111 Å². The summed E-state index contributed by atoms with van der Waals surface area (Å²) in [6.07, 6.45) is 5.31. The molecule has 1 saturated heterocycles. The third kappa shape index (κ3) is 5.17. The van der Waals surface area contributed by atoms with Gasteiger partial charge in [0.05, 0.1) is 5.92 Å². The Balaban J connectivity index is 1.75. The van der Waals surface area contributed by atoms with E-state index in [-0.39, 0.29) is 11.8 Å². The van der Waals surface area contributed by atoms with Gasteiger partial charge in [0, 0.05) is 23.7 Å². The number of piperidine rings is 1. The minimum absolute atomic E-state index is 0.251. The quantitative estimate of drug-likeness (QED) is 0.467. The van der Waals surface area contributed by atoms with Crippen LogP contribution in [0, 0.1) is 17.8 Å². The van der Waals surface area contributed by atoms with E-state index in [1.807, 2.05) is 20.0 Å². The van der Waals surface area contributed by atoms with Crippen LogP contribution in [0.5, 0.6) is 0 Å². The number of carboxylic acid groups (broad SMARTS) is 1. The fourth-order valence-corrected chi connectivity index (χ4v) is 3.93. The van der Waals surface area contributed by atoms with Crippen molar-refractivity contribution >= 4 is 11.8 Å². The predicted molar refractivity (Wildman–Crippen MR) is 104 cm³/mol. The molecule has 1 aromatic rings. The highest BCUT2D eigenvalue weighted by Gasteiger charge is 2.34. The molecule has 2 atom stereocenters. The maximum Gasteiger partial charge on any atom is 0.307 e. The van der Waals surface area contributed by atoms with Gasteiger partial charge in [0.1, 0.15) is 5.84 Å². The van der Waals surface area contributed by atoms with Gasteiger partial charge in [-0.05, 0) is 56.3 Å². The number of aliphatic carboxylic acids is 1. The second-order valence-electron chi connectivity index (χ2n) is 7.86.